The molecule has 2 amide bonds. The zero-order valence-corrected chi connectivity index (χ0v) is 14.5. The molecule has 3 aliphatic heterocycles. The third-order valence-corrected chi connectivity index (χ3v) is 5.83. The first kappa shape index (κ1) is 15.6. The van der Waals surface area contributed by atoms with Crippen molar-refractivity contribution < 1.29 is 9.59 Å². The maximum absolute atomic E-state index is 12.8. The summed E-state index contributed by atoms with van der Waals surface area (Å²) in [6.45, 7) is 8.01. The third-order valence-electron chi connectivity index (χ3n) is 5.83. The van der Waals surface area contributed by atoms with Crippen LogP contribution in [0, 0.1) is 13.8 Å². The van der Waals surface area contributed by atoms with E-state index in [1.54, 1.807) is 0 Å². The van der Waals surface area contributed by atoms with Gasteiger partial charge in [-0.1, -0.05) is 18.2 Å². The van der Waals surface area contributed by atoms with Crippen molar-refractivity contribution in [1.82, 2.24) is 14.7 Å². The Kier molecular flexibility index (Phi) is 3.83. The van der Waals surface area contributed by atoms with Gasteiger partial charge in [0.05, 0.1) is 0 Å². The van der Waals surface area contributed by atoms with E-state index >= 15 is 0 Å². The van der Waals surface area contributed by atoms with Crippen molar-refractivity contribution in [3.63, 3.8) is 0 Å². The third kappa shape index (κ3) is 2.51. The monoisotopic (exact) mass is 327 g/mol. The van der Waals surface area contributed by atoms with Gasteiger partial charge in [0.15, 0.2) is 0 Å². The van der Waals surface area contributed by atoms with E-state index in [1.807, 2.05) is 9.80 Å². The van der Waals surface area contributed by atoms with Crippen LogP contribution in [0.25, 0.3) is 0 Å². The molecule has 0 radical (unpaired) electrons. The van der Waals surface area contributed by atoms with Crippen molar-refractivity contribution >= 4 is 11.8 Å². The lowest BCUT2D eigenvalue weighted by atomic mass is 10.0. The maximum atomic E-state index is 12.8. The fourth-order valence-electron chi connectivity index (χ4n) is 4.29. The minimum absolute atomic E-state index is 0.155. The van der Waals surface area contributed by atoms with Gasteiger partial charge in [0.1, 0.15) is 12.1 Å². The quantitative estimate of drug-likeness (QED) is 0.823. The van der Waals surface area contributed by atoms with E-state index in [0.717, 1.165) is 32.5 Å². The number of benzene rings is 1. The fraction of sp³-hybridized carbons (Fsp3) is 0.579. The second kappa shape index (κ2) is 5.88. The molecular formula is C19H25N3O2. The summed E-state index contributed by atoms with van der Waals surface area (Å²) in [5, 5.41) is 0. The first-order valence-electron chi connectivity index (χ1n) is 8.94. The molecule has 24 heavy (non-hydrogen) atoms. The van der Waals surface area contributed by atoms with Crippen LogP contribution >= 0.6 is 0 Å². The summed E-state index contributed by atoms with van der Waals surface area (Å²) in [6, 6.07) is 6.09. The highest BCUT2D eigenvalue weighted by Gasteiger charge is 2.49. The minimum Gasteiger partial charge on any atom is -0.329 e. The lowest BCUT2D eigenvalue weighted by Gasteiger charge is -2.47. The second-order valence-corrected chi connectivity index (χ2v) is 7.39. The molecule has 3 saturated heterocycles. The molecule has 0 saturated carbocycles. The van der Waals surface area contributed by atoms with Gasteiger partial charge in [-0.25, -0.2) is 0 Å². The highest BCUT2D eigenvalue weighted by molar-refractivity contribution is 5.97. The standard InChI is InChI=1S/C19H25N3O2/c1-13-5-6-15(10-14(13)2)11-20-8-9-22-17(12-20)19(24)21-7-3-4-16(21)18(22)23/h5-6,10,16-17H,3-4,7-9,11-12H2,1-2H3/t16-,17-/m1/s1. The van der Waals surface area contributed by atoms with Gasteiger partial charge in [0.2, 0.25) is 11.8 Å². The first-order chi connectivity index (χ1) is 11.5. The highest BCUT2D eigenvalue weighted by atomic mass is 16.2. The first-order valence-corrected chi connectivity index (χ1v) is 8.94. The van der Waals surface area contributed by atoms with Crippen LogP contribution in [0.2, 0.25) is 0 Å². The van der Waals surface area contributed by atoms with Gasteiger partial charge in [-0.05, 0) is 43.4 Å². The van der Waals surface area contributed by atoms with Crippen molar-refractivity contribution in [1.29, 1.82) is 0 Å². The number of nitrogens with zero attached hydrogens (tertiary/aromatic N) is 3. The Bertz CT molecular complexity index is 687. The van der Waals surface area contributed by atoms with Crippen molar-refractivity contribution in [2.75, 3.05) is 26.2 Å². The average Bonchev–Trinajstić information content (AvgIpc) is 3.06. The summed E-state index contributed by atoms with van der Waals surface area (Å²) in [4.78, 5) is 31.4. The van der Waals surface area contributed by atoms with Gasteiger partial charge in [-0.15, -0.1) is 0 Å². The predicted molar refractivity (Wildman–Crippen MR) is 91.4 cm³/mol. The molecule has 0 aliphatic carbocycles. The molecule has 0 aromatic heterocycles. The number of hydrogen-bond donors (Lipinski definition) is 0. The summed E-state index contributed by atoms with van der Waals surface area (Å²) < 4.78 is 0. The van der Waals surface area contributed by atoms with Crippen LogP contribution in [0.1, 0.15) is 29.5 Å². The smallest absolute Gasteiger partial charge is 0.247 e. The van der Waals surface area contributed by atoms with Crippen LogP contribution in [-0.4, -0.2) is 64.8 Å². The molecular weight excluding hydrogens is 302 g/mol. The normalized spacial score (nSPS) is 27.4. The minimum atomic E-state index is -0.285. The van der Waals surface area contributed by atoms with Crippen molar-refractivity contribution in [3.8, 4) is 0 Å². The maximum Gasteiger partial charge on any atom is 0.247 e. The molecule has 128 valence electrons. The average molecular weight is 327 g/mol. The number of fused-ring (bicyclic) bond motifs is 2. The second-order valence-electron chi connectivity index (χ2n) is 7.39. The van der Waals surface area contributed by atoms with Gasteiger partial charge in [0, 0.05) is 32.7 Å². The van der Waals surface area contributed by atoms with Crippen LogP contribution in [0.5, 0.6) is 0 Å². The number of carbonyl (C=O) groups is 2. The van der Waals surface area contributed by atoms with Crippen LogP contribution in [0.3, 0.4) is 0 Å². The van der Waals surface area contributed by atoms with Crippen LogP contribution in [0.4, 0.5) is 0 Å². The predicted octanol–water partition coefficient (Wildman–Crippen LogP) is 1.32. The molecule has 3 aliphatic rings. The van der Waals surface area contributed by atoms with Gasteiger partial charge < -0.3 is 9.80 Å². The lowest BCUT2D eigenvalue weighted by molar-refractivity contribution is -0.163. The van der Waals surface area contributed by atoms with Gasteiger partial charge in [-0.2, -0.15) is 0 Å². The zero-order chi connectivity index (χ0) is 16.8. The van der Waals surface area contributed by atoms with Gasteiger partial charge >= 0.3 is 0 Å². The van der Waals surface area contributed by atoms with Crippen molar-refractivity contribution in [3.05, 3.63) is 34.9 Å². The Morgan fingerprint density at radius 2 is 1.71 bits per heavy atom. The Morgan fingerprint density at radius 3 is 2.50 bits per heavy atom. The summed E-state index contributed by atoms with van der Waals surface area (Å²) >= 11 is 0. The highest BCUT2D eigenvalue weighted by Crippen LogP contribution is 2.29. The largest absolute Gasteiger partial charge is 0.329 e. The zero-order valence-electron chi connectivity index (χ0n) is 14.5. The Morgan fingerprint density at radius 1 is 0.958 bits per heavy atom. The van der Waals surface area contributed by atoms with Crippen LogP contribution in [-0.2, 0) is 16.1 Å². The topological polar surface area (TPSA) is 43.9 Å². The van der Waals surface area contributed by atoms with Crippen LogP contribution < -0.4 is 0 Å². The van der Waals surface area contributed by atoms with Crippen molar-refractivity contribution in [2.24, 2.45) is 0 Å². The summed E-state index contributed by atoms with van der Waals surface area (Å²) in [5.74, 6) is 0.324. The van der Waals surface area contributed by atoms with Gasteiger partial charge in [0.25, 0.3) is 0 Å². The van der Waals surface area contributed by atoms with Crippen LogP contribution in [0.15, 0.2) is 18.2 Å². The summed E-state index contributed by atoms with van der Waals surface area (Å²) in [6.07, 6.45) is 1.79. The molecule has 3 heterocycles. The summed E-state index contributed by atoms with van der Waals surface area (Å²) in [7, 11) is 0. The molecule has 5 heteroatoms. The lowest BCUT2D eigenvalue weighted by Crippen LogP contribution is -2.68. The van der Waals surface area contributed by atoms with Gasteiger partial charge in [-0.3, -0.25) is 14.5 Å². The number of amides is 2. The number of aryl methyl sites for hydroxylation is 2. The van der Waals surface area contributed by atoms with E-state index in [0.29, 0.717) is 13.1 Å². The van der Waals surface area contributed by atoms with E-state index in [2.05, 4.69) is 36.9 Å². The molecule has 4 rings (SSSR count). The summed E-state index contributed by atoms with van der Waals surface area (Å²) in [5.41, 5.74) is 3.88. The number of piperazine rings is 2. The number of rotatable bonds is 2. The van der Waals surface area contributed by atoms with E-state index in [9.17, 15) is 9.59 Å². The Balaban J connectivity index is 1.49. The Labute approximate surface area is 143 Å². The molecule has 1 aromatic carbocycles. The number of hydrogen-bond acceptors (Lipinski definition) is 3. The molecule has 5 nitrogen and oxygen atoms in total. The molecule has 3 fully saturated rings. The van der Waals surface area contributed by atoms with E-state index in [4.69, 9.17) is 0 Å². The van der Waals surface area contributed by atoms with E-state index < -0.39 is 0 Å². The van der Waals surface area contributed by atoms with E-state index in [-0.39, 0.29) is 23.9 Å². The SMILES string of the molecule is Cc1ccc(CN2CCN3C(=O)[C@H]4CCCN4C(=O)[C@H]3C2)cc1C. The molecule has 0 N–H and O–H groups in total. The van der Waals surface area contributed by atoms with E-state index in [1.165, 1.54) is 16.7 Å². The Hall–Kier alpha value is -1.88. The molecule has 0 unspecified atom stereocenters. The van der Waals surface area contributed by atoms with Crippen molar-refractivity contribution in [2.45, 2.75) is 45.3 Å². The molecule has 0 spiro atoms. The molecule has 0 bridgehead atoms. The fourth-order valence-corrected chi connectivity index (χ4v) is 4.29. The molecule has 2 atom stereocenters. The molecule has 1 aromatic rings. The number of carbonyl (C=O) groups excluding carboxylic acids is 2.